The van der Waals surface area contributed by atoms with Crippen molar-refractivity contribution >= 4 is 16.6 Å². The lowest BCUT2D eigenvalue weighted by molar-refractivity contribution is 1.15. The topological polar surface area (TPSA) is 24.9 Å². The Balaban J connectivity index is 2.87. The number of benzene rings is 1. The number of hydrogen-bond acceptors (Lipinski definition) is 2. The molecular weight excluding hydrogens is 208 g/mol. The van der Waals surface area contributed by atoms with E-state index in [1.54, 1.807) is 0 Å². The van der Waals surface area contributed by atoms with E-state index in [1.165, 1.54) is 27.8 Å². The van der Waals surface area contributed by atoms with Gasteiger partial charge in [0.1, 0.15) is 0 Å². The molecule has 0 saturated heterocycles. The normalized spacial score (nSPS) is 10.9. The lowest BCUT2D eigenvalue weighted by atomic mass is 10.0. The molecule has 0 amide bonds. The van der Waals surface area contributed by atoms with E-state index in [-0.39, 0.29) is 0 Å². The van der Waals surface area contributed by atoms with Crippen LogP contribution >= 0.6 is 0 Å². The van der Waals surface area contributed by atoms with Crippen molar-refractivity contribution in [3.05, 3.63) is 34.5 Å². The van der Waals surface area contributed by atoms with Crippen molar-refractivity contribution in [1.29, 1.82) is 0 Å². The predicted octanol–water partition coefficient (Wildman–Crippen LogP) is 3.90. The highest BCUT2D eigenvalue weighted by molar-refractivity contribution is 5.95. The number of nitrogens with one attached hydrogen (secondary N) is 1. The summed E-state index contributed by atoms with van der Waals surface area (Å²) in [6, 6.07) is 4.42. The fourth-order valence-electron chi connectivity index (χ4n) is 2.34. The van der Waals surface area contributed by atoms with Gasteiger partial charge in [-0.05, 0) is 51.8 Å². The van der Waals surface area contributed by atoms with Gasteiger partial charge in [0.05, 0.1) is 5.52 Å². The van der Waals surface area contributed by atoms with Crippen LogP contribution in [-0.2, 0) is 0 Å². The Hall–Kier alpha value is -1.57. The second-order valence-electron chi connectivity index (χ2n) is 4.71. The average Bonchev–Trinajstić information content (AvgIpc) is 2.26. The van der Waals surface area contributed by atoms with E-state index >= 15 is 0 Å². The first kappa shape index (κ1) is 11.9. The Morgan fingerprint density at radius 3 is 2.47 bits per heavy atom. The molecule has 0 aliphatic heterocycles. The van der Waals surface area contributed by atoms with Crippen molar-refractivity contribution in [1.82, 2.24) is 4.98 Å². The van der Waals surface area contributed by atoms with Crippen LogP contribution in [-0.4, -0.2) is 11.5 Å². The molecule has 0 fully saturated rings. The number of anilines is 1. The van der Waals surface area contributed by atoms with Crippen LogP contribution in [0.25, 0.3) is 10.9 Å². The van der Waals surface area contributed by atoms with Gasteiger partial charge in [0.25, 0.3) is 0 Å². The summed E-state index contributed by atoms with van der Waals surface area (Å²) >= 11 is 0. The Labute approximate surface area is 103 Å². The second kappa shape index (κ2) is 4.36. The molecule has 0 unspecified atom stereocenters. The Morgan fingerprint density at radius 1 is 1.12 bits per heavy atom. The first-order valence-corrected chi connectivity index (χ1v) is 6.16. The molecule has 90 valence electrons. The molecule has 1 heterocycles. The van der Waals surface area contributed by atoms with Crippen molar-refractivity contribution in [2.24, 2.45) is 0 Å². The minimum Gasteiger partial charge on any atom is -0.385 e. The third-order valence-electron chi connectivity index (χ3n) is 3.26. The number of aromatic nitrogens is 1. The van der Waals surface area contributed by atoms with Gasteiger partial charge < -0.3 is 5.32 Å². The number of fused-ring (bicyclic) bond motifs is 1. The molecule has 1 N–H and O–H groups in total. The summed E-state index contributed by atoms with van der Waals surface area (Å²) in [6.45, 7) is 11.5. The Bertz CT molecular complexity index is 571. The van der Waals surface area contributed by atoms with Gasteiger partial charge in [0.2, 0.25) is 0 Å². The highest BCUT2D eigenvalue weighted by Crippen LogP contribution is 2.30. The maximum absolute atomic E-state index is 4.72. The number of pyridine rings is 1. The van der Waals surface area contributed by atoms with E-state index in [9.17, 15) is 0 Å². The molecule has 2 heteroatoms. The van der Waals surface area contributed by atoms with Gasteiger partial charge in [0.15, 0.2) is 0 Å². The molecule has 2 nitrogen and oxygen atoms in total. The van der Waals surface area contributed by atoms with Gasteiger partial charge in [-0.3, -0.25) is 4.98 Å². The number of aryl methyl sites for hydroxylation is 3. The minimum atomic E-state index is 0.937. The lowest BCUT2D eigenvalue weighted by Gasteiger charge is -2.15. The summed E-state index contributed by atoms with van der Waals surface area (Å²) in [5, 5.41) is 4.72. The fourth-order valence-corrected chi connectivity index (χ4v) is 2.34. The largest absolute Gasteiger partial charge is 0.385 e. The molecule has 2 rings (SSSR count). The molecule has 0 aliphatic carbocycles. The average molecular weight is 228 g/mol. The van der Waals surface area contributed by atoms with E-state index in [2.05, 4.69) is 52.1 Å². The molecule has 0 bridgehead atoms. The van der Waals surface area contributed by atoms with Crippen molar-refractivity contribution in [2.45, 2.75) is 34.6 Å². The van der Waals surface area contributed by atoms with E-state index in [0.29, 0.717) is 0 Å². The Morgan fingerprint density at radius 2 is 1.82 bits per heavy atom. The molecule has 0 spiro atoms. The second-order valence-corrected chi connectivity index (χ2v) is 4.71. The smallest absolute Gasteiger partial charge is 0.0755 e. The van der Waals surface area contributed by atoms with E-state index < -0.39 is 0 Å². The van der Waals surface area contributed by atoms with E-state index in [0.717, 1.165) is 17.8 Å². The van der Waals surface area contributed by atoms with Crippen LogP contribution in [0.2, 0.25) is 0 Å². The lowest BCUT2D eigenvalue weighted by Crippen LogP contribution is -2.03. The van der Waals surface area contributed by atoms with Gasteiger partial charge in [-0.15, -0.1) is 0 Å². The summed E-state index contributed by atoms with van der Waals surface area (Å²) in [7, 11) is 0. The van der Waals surface area contributed by atoms with E-state index in [4.69, 9.17) is 4.98 Å². The Kier molecular flexibility index (Phi) is 3.05. The molecule has 0 atom stereocenters. The third kappa shape index (κ3) is 1.99. The molecule has 1 aromatic carbocycles. The van der Waals surface area contributed by atoms with Gasteiger partial charge in [0, 0.05) is 23.3 Å². The van der Waals surface area contributed by atoms with Crippen LogP contribution in [0.5, 0.6) is 0 Å². The SMILES string of the molecule is CCNc1c(C)c(C)nc2c(C)cc(C)cc12. The molecule has 0 radical (unpaired) electrons. The standard InChI is InChI=1S/C15H20N2/c1-6-16-15-11(4)12(5)17-14-10(3)7-9(2)8-13(14)15/h7-8H,6H2,1-5H3,(H,16,17). The number of nitrogens with zero attached hydrogens (tertiary/aromatic N) is 1. The molecule has 0 aliphatic rings. The fraction of sp³-hybridized carbons (Fsp3) is 0.400. The molecule has 0 saturated carbocycles. The summed E-state index contributed by atoms with van der Waals surface area (Å²) < 4.78 is 0. The van der Waals surface area contributed by atoms with Crippen LogP contribution in [0.3, 0.4) is 0 Å². The predicted molar refractivity (Wildman–Crippen MR) is 74.9 cm³/mol. The summed E-state index contributed by atoms with van der Waals surface area (Å²) in [5.74, 6) is 0. The number of hydrogen-bond donors (Lipinski definition) is 1. The zero-order chi connectivity index (χ0) is 12.6. The third-order valence-corrected chi connectivity index (χ3v) is 3.26. The highest BCUT2D eigenvalue weighted by Gasteiger charge is 2.10. The van der Waals surface area contributed by atoms with Gasteiger partial charge >= 0.3 is 0 Å². The van der Waals surface area contributed by atoms with Crippen LogP contribution in [0.1, 0.15) is 29.3 Å². The molecule has 1 aromatic heterocycles. The maximum Gasteiger partial charge on any atom is 0.0755 e. The van der Waals surface area contributed by atoms with Crippen molar-refractivity contribution in [3.8, 4) is 0 Å². The summed E-state index contributed by atoms with van der Waals surface area (Å²) in [4.78, 5) is 4.72. The zero-order valence-corrected chi connectivity index (χ0v) is 11.3. The monoisotopic (exact) mass is 228 g/mol. The van der Waals surface area contributed by atoms with Gasteiger partial charge in [-0.25, -0.2) is 0 Å². The molecule has 2 aromatic rings. The molecular formula is C15H20N2. The van der Waals surface area contributed by atoms with Crippen molar-refractivity contribution < 1.29 is 0 Å². The maximum atomic E-state index is 4.72. The van der Waals surface area contributed by atoms with Crippen LogP contribution < -0.4 is 5.32 Å². The van der Waals surface area contributed by atoms with Crippen LogP contribution in [0.4, 0.5) is 5.69 Å². The van der Waals surface area contributed by atoms with Crippen molar-refractivity contribution in [3.63, 3.8) is 0 Å². The highest BCUT2D eigenvalue weighted by atomic mass is 14.9. The van der Waals surface area contributed by atoms with Gasteiger partial charge in [-0.2, -0.15) is 0 Å². The number of rotatable bonds is 2. The van der Waals surface area contributed by atoms with Gasteiger partial charge in [-0.1, -0.05) is 11.6 Å². The van der Waals surface area contributed by atoms with Crippen LogP contribution in [0.15, 0.2) is 12.1 Å². The quantitative estimate of drug-likeness (QED) is 0.843. The first-order valence-electron chi connectivity index (χ1n) is 6.16. The van der Waals surface area contributed by atoms with Crippen LogP contribution in [0, 0.1) is 27.7 Å². The zero-order valence-electron chi connectivity index (χ0n) is 11.3. The first-order chi connectivity index (χ1) is 8.04. The molecule has 17 heavy (non-hydrogen) atoms. The minimum absolute atomic E-state index is 0.937. The van der Waals surface area contributed by atoms with Crippen molar-refractivity contribution in [2.75, 3.05) is 11.9 Å². The summed E-state index contributed by atoms with van der Waals surface area (Å²) in [6.07, 6.45) is 0. The van der Waals surface area contributed by atoms with E-state index in [1.807, 2.05) is 0 Å². The summed E-state index contributed by atoms with van der Waals surface area (Å²) in [5.41, 5.74) is 7.27.